The van der Waals surface area contributed by atoms with Gasteiger partial charge >= 0.3 is 0 Å². The number of hydrogen-bond donors (Lipinski definition) is 1. The summed E-state index contributed by atoms with van der Waals surface area (Å²) >= 11 is 0. The Balaban J connectivity index is 1.68. The van der Waals surface area contributed by atoms with Crippen LogP contribution in [0.3, 0.4) is 0 Å². The van der Waals surface area contributed by atoms with Crippen molar-refractivity contribution in [3.05, 3.63) is 95.8 Å². The van der Waals surface area contributed by atoms with Gasteiger partial charge in [-0.15, -0.1) is 0 Å². The highest BCUT2D eigenvalue weighted by atomic mass is 32.2. The zero-order chi connectivity index (χ0) is 29.4. The number of amides is 2. The minimum absolute atomic E-state index is 0.0703. The second-order valence-corrected chi connectivity index (χ2v) is 12.4. The molecule has 0 radical (unpaired) electrons. The molecule has 7 nitrogen and oxygen atoms in total. The number of halogens is 1. The molecular weight excluding hydrogens is 541 g/mol. The van der Waals surface area contributed by atoms with Crippen LogP contribution in [-0.2, 0) is 26.2 Å². The molecule has 1 aliphatic carbocycles. The molecule has 218 valence electrons. The highest BCUT2D eigenvalue weighted by molar-refractivity contribution is 7.92. The van der Waals surface area contributed by atoms with Gasteiger partial charge in [0.15, 0.2) is 0 Å². The first kappa shape index (κ1) is 30.2. The maximum absolute atomic E-state index is 14.1. The first-order valence-corrected chi connectivity index (χ1v) is 15.6. The fourth-order valence-electron chi connectivity index (χ4n) is 5.33. The Morgan fingerprint density at radius 2 is 1.63 bits per heavy atom. The molecule has 1 N–H and O–H groups in total. The predicted octanol–water partition coefficient (Wildman–Crippen LogP) is 5.59. The van der Waals surface area contributed by atoms with E-state index in [1.807, 2.05) is 38.1 Å². The van der Waals surface area contributed by atoms with Gasteiger partial charge in [0.05, 0.1) is 10.6 Å². The minimum atomic E-state index is -4.24. The van der Waals surface area contributed by atoms with E-state index in [0.29, 0.717) is 12.1 Å². The summed E-state index contributed by atoms with van der Waals surface area (Å²) in [5.74, 6) is -1.30. The number of nitrogens with one attached hydrogen (secondary N) is 1. The molecule has 1 aliphatic rings. The van der Waals surface area contributed by atoms with Gasteiger partial charge < -0.3 is 10.2 Å². The standard InChI is InChI=1S/C32H38FN3O4S/c1-3-30(32(38)34-27-13-6-4-7-14-27)35(22-25-12-10-11-24(2)21-25)31(37)23-36(28-15-8-5-9-16-28)41(39,40)29-19-17-26(33)18-20-29/h5,8-12,15-21,27,30H,3-4,6-7,13-14,22-23H2,1-2H3,(H,34,38). The van der Waals surface area contributed by atoms with Crippen molar-refractivity contribution in [1.82, 2.24) is 10.2 Å². The molecule has 0 saturated heterocycles. The van der Waals surface area contributed by atoms with Crippen molar-refractivity contribution >= 4 is 27.5 Å². The highest BCUT2D eigenvalue weighted by Gasteiger charge is 2.34. The topological polar surface area (TPSA) is 86.8 Å². The number of benzene rings is 3. The molecule has 1 fully saturated rings. The molecular formula is C32H38FN3O4S. The van der Waals surface area contributed by atoms with Gasteiger partial charge in [0.2, 0.25) is 11.8 Å². The average Bonchev–Trinajstić information content (AvgIpc) is 2.97. The summed E-state index contributed by atoms with van der Waals surface area (Å²) in [7, 11) is -4.24. The maximum Gasteiger partial charge on any atom is 0.264 e. The molecule has 1 unspecified atom stereocenters. The number of sulfonamides is 1. The summed E-state index contributed by atoms with van der Waals surface area (Å²) < 4.78 is 42.2. The van der Waals surface area contributed by atoms with Crippen LogP contribution < -0.4 is 9.62 Å². The van der Waals surface area contributed by atoms with Crippen LogP contribution in [0, 0.1) is 12.7 Å². The lowest BCUT2D eigenvalue weighted by molar-refractivity contribution is -0.140. The van der Waals surface area contributed by atoms with Crippen LogP contribution in [0.25, 0.3) is 0 Å². The van der Waals surface area contributed by atoms with E-state index >= 15 is 0 Å². The number of hydrogen-bond acceptors (Lipinski definition) is 4. The van der Waals surface area contributed by atoms with Crippen LogP contribution in [0.4, 0.5) is 10.1 Å². The Labute approximate surface area is 242 Å². The van der Waals surface area contributed by atoms with E-state index in [0.717, 1.165) is 59.7 Å². The van der Waals surface area contributed by atoms with E-state index in [1.165, 1.54) is 17.0 Å². The van der Waals surface area contributed by atoms with E-state index in [1.54, 1.807) is 30.3 Å². The van der Waals surface area contributed by atoms with Crippen molar-refractivity contribution in [2.45, 2.75) is 75.9 Å². The van der Waals surface area contributed by atoms with Crippen LogP contribution >= 0.6 is 0 Å². The summed E-state index contributed by atoms with van der Waals surface area (Å²) in [5.41, 5.74) is 2.15. The highest BCUT2D eigenvalue weighted by Crippen LogP contribution is 2.25. The van der Waals surface area contributed by atoms with Crippen molar-refractivity contribution < 1.29 is 22.4 Å². The van der Waals surface area contributed by atoms with E-state index in [4.69, 9.17) is 0 Å². The normalized spacial score (nSPS) is 14.7. The number of carbonyl (C=O) groups is 2. The van der Waals surface area contributed by atoms with Crippen molar-refractivity contribution in [2.75, 3.05) is 10.8 Å². The van der Waals surface area contributed by atoms with Gasteiger partial charge in [-0.2, -0.15) is 0 Å². The lowest BCUT2D eigenvalue weighted by Gasteiger charge is -2.34. The van der Waals surface area contributed by atoms with Gasteiger partial charge in [-0.3, -0.25) is 13.9 Å². The number of carbonyl (C=O) groups excluding carboxylic acids is 2. The van der Waals surface area contributed by atoms with Gasteiger partial charge in [0, 0.05) is 12.6 Å². The molecule has 9 heteroatoms. The Hall–Kier alpha value is -3.72. The third-order valence-electron chi connectivity index (χ3n) is 7.50. The van der Waals surface area contributed by atoms with Crippen LogP contribution in [0.15, 0.2) is 83.8 Å². The molecule has 3 aromatic rings. The lowest BCUT2D eigenvalue weighted by atomic mass is 9.95. The van der Waals surface area contributed by atoms with Crippen LogP contribution in [0.5, 0.6) is 0 Å². The van der Waals surface area contributed by atoms with Gasteiger partial charge in [0.1, 0.15) is 18.4 Å². The van der Waals surface area contributed by atoms with Crippen molar-refractivity contribution in [1.29, 1.82) is 0 Å². The van der Waals surface area contributed by atoms with Gasteiger partial charge in [-0.25, -0.2) is 12.8 Å². The zero-order valence-electron chi connectivity index (χ0n) is 23.6. The number of para-hydroxylation sites is 1. The second kappa shape index (κ2) is 13.8. The SMILES string of the molecule is CCC(C(=O)NC1CCCCC1)N(Cc1cccc(C)c1)C(=O)CN(c1ccccc1)S(=O)(=O)c1ccc(F)cc1. The number of rotatable bonds is 11. The Bertz CT molecular complexity index is 1420. The minimum Gasteiger partial charge on any atom is -0.352 e. The molecule has 0 aliphatic heterocycles. The summed E-state index contributed by atoms with van der Waals surface area (Å²) in [6.45, 7) is 3.43. The van der Waals surface area contributed by atoms with Crippen molar-refractivity contribution in [3.8, 4) is 0 Å². The van der Waals surface area contributed by atoms with E-state index in [-0.39, 0.29) is 23.4 Å². The van der Waals surface area contributed by atoms with Gasteiger partial charge in [0.25, 0.3) is 10.0 Å². The zero-order valence-corrected chi connectivity index (χ0v) is 24.4. The Morgan fingerprint density at radius 3 is 2.27 bits per heavy atom. The molecule has 4 rings (SSSR count). The predicted molar refractivity (Wildman–Crippen MR) is 158 cm³/mol. The summed E-state index contributed by atoms with van der Waals surface area (Å²) in [4.78, 5) is 29.1. The van der Waals surface area contributed by atoms with Crippen LogP contribution in [-0.4, -0.2) is 43.8 Å². The smallest absolute Gasteiger partial charge is 0.264 e. The third-order valence-corrected chi connectivity index (χ3v) is 9.29. The number of nitrogens with zero attached hydrogens (tertiary/aromatic N) is 2. The first-order chi connectivity index (χ1) is 19.7. The quantitative estimate of drug-likeness (QED) is 0.321. The molecule has 41 heavy (non-hydrogen) atoms. The summed E-state index contributed by atoms with van der Waals surface area (Å²) in [5, 5.41) is 3.15. The van der Waals surface area contributed by atoms with E-state index < -0.39 is 34.3 Å². The summed E-state index contributed by atoms with van der Waals surface area (Å²) in [6.07, 6.45) is 5.45. The largest absolute Gasteiger partial charge is 0.352 e. The van der Waals surface area contributed by atoms with Gasteiger partial charge in [-0.05, 0) is 68.1 Å². The van der Waals surface area contributed by atoms with Crippen LogP contribution in [0.1, 0.15) is 56.6 Å². The third kappa shape index (κ3) is 7.73. The second-order valence-electron chi connectivity index (χ2n) is 10.6. The first-order valence-electron chi connectivity index (χ1n) is 14.2. The average molecular weight is 580 g/mol. The van der Waals surface area contributed by atoms with Crippen molar-refractivity contribution in [3.63, 3.8) is 0 Å². The number of aryl methyl sites for hydroxylation is 1. The Kier molecular flexibility index (Phi) is 10.2. The summed E-state index contributed by atoms with van der Waals surface area (Å²) in [6, 6.07) is 19.8. The fourth-order valence-corrected chi connectivity index (χ4v) is 6.74. The molecule has 1 atom stereocenters. The molecule has 0 aromatic heterocycles. The fraction of sp³-hybridized carbons (Fsp3) is 0.375. The van der Waals surface area contributed by atoms with Crippen molar-refractivity contribution in [2.24, 2.45) is 0 Å². The van der Waals surface area contributed by atoms with Crippen LogP contribution in [0.2, 0.25) is 0 Å². The van der Waals surface area contributed by atoms with E-state index in [2.05, 4.69) is 5.32 Å². The lowest BCUT2D eigenvalue weighted by Crippen LogP contribution is -2.54. The molecule has 0 heterocycles. The van der Waals surface area contributed by atoms with E-state index in [9.17, 15) is 22.4 Å². The Morgan fingerprint density at radius 1 is 0.951 bits per heavy atom. The monoisotopic (exact) mass is 579 g/mol. The maximum atomic E-state index is 14.1. The molecule has 0 bridgehead atoms. The molecule has 3 aromatic carbocycles. The molecule has 1 saturated carbocycles. The van der Waals surface area contributed by atoms with Gasteiger partial charge in [-0.1, -0.05) is 74.2 Å². The number of anilines is 1. The molecule has 2 amide bonds. The molecule has 0 spiro atoms.